The largest absolute Gasteiger partial charge is 0.337 e. The van der Waals surface area contributed by atoms with E-state index in [-0.39, 0.29) is 11.6 Å². The second-order valence-corrected chi connectivity index (χ2v) is 7.78. The van der Waals surface area contributed by atoms with E-state index in [1.165, 1.54) is 24.3 Å². The highest BCUT2D eigenvalue weighted by molar-refractivity contribution is 6.09. The standard InChI is InChI=1S/C29H18FN3O/c30-25-16-14-23(15-17-25)28(34)22-12-10-21(11-13-22)27-26(20-4-2-1-3-5-20)32-29(33-27)24-8-6-19(18-31)7-9-24/h1-17H,(H,32,33). The molecule has 0 fully saturated rings. The number of nitrogens with zero attached hydrogens (tertiary/aromatic N) is 2. The molecule has 0 atom stereocenters. The summed E-state index contributed by atoms with van der Waals surface area (Å²) in [7, 11) is 0. The highest BCUT2D eigenvalue weighted by Gasteiger charge is 2.16. The molecule has 1 aromatic heterocycles. The fourth-order valence-corrected chi connectivity index (χ4v) is 3.78. The molecule has 0 saturated heterocycles. The number of halogens is 1. The molecule has 0 spiro atoms. The summed E-state index contributed by atoms with van der Waals surface area (Å²) in [5, 5.41) is 9.08. The van der Waals surface area contributed by atoms with Crippen LogP contribution in [0.4, 0.5) is 4.39 Å². The van der Waals surface area contributed by atoms with Crippen LogP contribution in [0.25, 0.3) is 33.9 Å². The molecule has 5 rings (SSSR count). The molecule has 1 heterocycles. The van der Waals surface area contributed by atoms with E-state index >= 15 is 0 Å². The molecule has 0 radical (unpaired) electrons. The summed E-state index contributed by atoms with van der Waals surface area (Å²) < 4.78 is 13.2. The third-order valence-corrected chi connectivity index (χ3v) is 5.58. The molecule has 0 unspecified atom stereocenters. The Labute approximate surface area is 196 Å². The van der Waals surface area contributed by atoms with Gasteiger partial charge in [-0.05, 0) is 48.5 Å². The molecule has 1 N–H and O–H groups in total. The summed E-state index contributed by atoms with van der Waals surface area (Å²) >= 11 is 0. The summed E-state index contributed by atoms with van der Waals surface area (Å²) in [4.78, 5) is 21.0. The fourth-order valence-electron chi connectivity index (χ4n) is 3.78. The average molecular weight is 443 g/mol. The topological polar surface area (TPSA) is 69.5 Å². The van der Waals surface area contributed by atoms with Gasteiger partial charge >= 0.3 is 0 Å². The van der Waals surface area contributed by atoms with Crippen LogP contribution in [-0.4, -0.2) is 15.8 Å². The lowest BCUT2D eigenvalue weighted by Crippen LogP contribution is -2.01. The first-order chi connectivity index (χ1) is 16.6. The second-order valence-electron chi connectivity index (χ2n) is 7.78. The van der Waals surface area contributed by atoms with Gasteiger partial charge in [0.2, 0.25) is 0 Å². The number of hydrogen-bond acceptors (Lipinski definition) is 3. The van der Waals surface area contributed by atoms with Crippen molar-refractivity contribution in [2.45, 2.75) is 0 Å². The van der Waals surface area contributed by atoms with Gasteiger partial charge in [-0.15, -0.1) is 0 Å². The van der Waals surface area contributed by atoms with Crippen LogP contribution in [0.2, 0.25) is 0 Å². The zero-order chi connectivity index (χ0) is 23.5. The normalized spacial score (nSPS) is 10.6. The van der Waals surface area contributed by atoms with Crippen molar-refractivity contribution in [3.8, 4) is 40.0 Å². The number of benzene rings is 4. The van der Waals surface area contributed by atoms with Crippen molar-refractivity contribution < 1.29 is 9.18 Å². The molecular formula is C29H18FN3O. The highest BCUT2D eigenvalue weighted by atomic mass is 19.1. The number of nitrogens with one attached hydrogen (secondary N) is 1. The van der Waals surface area contributed by atoms with E-state index in [4.69, 9.17) is 10.2 Å². The first-order valence-electron chi connectivity index (χ1n) is 10.7. The number of aromatic nitrogens is 2. The lowest BCUT2D eigenvalue weighted by atomic mass is 10.00. The van der Waals surface area contributed by atoms with E-state index in [1.807, 2.05) is 54.6 Å². The Balaban J connectivity index is 1.54. The predicted octanol–water partition coefficient (Wildman–Crippen LogP) is 6.65. The van der Waals surface area contributed by atoms with Gasteiger partial charge in [0.05, 0.1) is 23.0 Å². The van der Waals surface area contributed by atoms with Gasteiger partial charge in [-0.3, -0.25) is 4.79 Å². The van der Waals surface area contributed by atoms with E-state index < -0.39 is 0 Å². The quantitative estimate of drug-likeness (QED) is 0.309. The van der Waals surface area contributed by atoms with Crippen LogP contribution in [0.3, 0.4) is 0 Å². The van der Waals surface area contributed by atoms with Gasteiger partial charge in [0, 0.05) is 27.8 Å². The van der Waals surface area contributed by atoms with Crippen molar-refractivity contribution in [1.29, 1.82) is 5.26 Å². The fraction of sp³-hybridized carbons (Fsp3) is 0. The zero-order valence-electron chi connectivity index (χ0n) is 18.0. The van der Waals surface area contributed by atoms with Crippen LogP contribution >= 0.6 is 0 Å². The Kier molecular flexibility index (Phi) is 5.55. The van der Waals surface area contributed by atoms with Gasteiger partial charge in [-0.25, -0.2) is 9.37 Å². The summed E-state index contributed by atoms with van der Waals surface area (Å²) in [6.45, 7) is 0. The van der Waals surface area contributed by atoms with Crippen LogP contribution in [0, 0.1) is 17.1 Å². The smallest absolute Gasteiger partial charge is 0.193 e. The van der Waals surface area contributed by atoms with Crippen molar-refractivity contribution in [3.05, 3.63) is 126 Å². The van der Waals surface area contributed by atoms with Crippen molar-refractivity contribution in [1.82, 2.24) is 9.97 Å². The zero-order valence-corrected chi connectivity index (χ0v) is 18.0. The molecule has 0 amide bonds. The van der Waals surface area contributed by atoms with Crippen LogP contribution in [0.15, 0.2) is 103 Å². The van der Waals surface area contributed by atoms with Crippen molar-refractivity contribution in [3.63, 3.8) is 0 Å². The number of carbonyl (C=O) groups excluding carboxylic acids is 1. The minimum absolute atomic E-state index is 0.169. The monoisotopic (exact) mass is 443 g/mol. The molecule has 0 aliphatic heterocycles. The Morgan fingerprint density at radius 3 is 1.94 bits per heavy atom. The summed E-state index contributed by atoms with van der Waals surface area (Å²) in [5.41, 5.74) is 5.85. The van der Waals surface area contributed by atoms with Crippen LogP contribution < -0.4 is 0 Å². The van der Waals surface area contributed by atoms with Gasteiger partial charge in [0.25, 0.3) is 0 Å². The number of aromatic amines is 1. The molecule has 5 aromatic rings. The number of carbonyl (C=O) groups is 1. The minimum Gasteiger partial charge on any atom is -0.337 e. The molecule has 34 heavy (non-hydrogen) atoms. The number of imidazole rings is 1. The molecule has 0 aliphatic rings. The van der Waals surface area contributed by atoms with Gasteiger partial charge in [-0.1, -0.05) is 54.6 Å². The summed E-state index contributed by atoms with van der Waals surface area (Å²) in [5.74, 6) is 0.139. The summed E-state index contributed by atoms with van der Waals surface area (Å²) in [6.07, 6.45) is 0. The number of hydrogen-bond donors (Lipinski definition) is 1. The molecule has 4 nitrogen and oxygen atoms in total. The van der Waals surface area contributed by atoms with E-state index in [2.05, 4.69) is 11.1 Å². The Hall–Kier alpha value is -4.82. The van der Waals surface area contributed by atoms with Crippen LogP contribution in [0.1, 0.15) is 21.5 Å². The minimum atomic E-state index is -0.377. The third kappa shape index (κ3) is 4.13. The molecule has 0 bridgehead atoms. The number of H-pyrrole nitrogens is 1. The molecule has 5 heteroatoms. The van der Waals surface area contributed by atoms with E-state index in [0.717, 1.165) is 28.1 Å². The second kappa shape index (κ2) is 8.97. The summed E-state index contributed by atoms with van der Waals surface area (Å²) in [6, 6.07) is 32.0. The average Bonchev–Trinajstić information content (AvgIpc) is 3.35. The van der Waals surface area contributed by atoms with E-state index in [9.17, 15) is 9.18 Å². The molecular weight excluding hydrogens is 425 g/mol. The Morgan fingerprint density at radius 2 is 1.32 bits per heavy atom. The maximum absolute atomic E-state index is 13.2. The van der Waals surface area contributed by atoms with Crippen LogP contribution in [0.5, 0.6) is 0 Å². The number of rotatable bonds is 5. The first kappa shape index (κ1) is 21.0. The maximum Gasteiger partial charge on any atom is 0.193 e. The maximum atomic E-state index is 13.2. The van der Waals surface area contributed by atoms with Gasteiger partial charge in [-0.2, -0.15) is 5.26 Å². The Morgan fingerprint density at radius 1 is 0.735 bits per heavy atom. The van der Waals surface area contributed by atoms with Crippen LogP contribution in [-0.2, 0) is 0 Å². The molecule has 0 saturated carbocycles. The van der Waals surface area contributed by atoms with Crippen molar-refractivity contribution >= 4 is 5.78 Å². The lowest BCUT2D eigenvalue weighted by Gasteiger charge is -2.06. The third-order valence-electron chi connectivity index (χ3n) is 5.58. The number of ketones is 1. The van der Waals surface area contributed by atoms with Crippen molar-refractivity contribution in [2.75, 3.05) is 0 Å². The predicted molar refractivity (Wildman–Crippen MR) is 129 cm³/mol. The molecule has 4 aromatic carbocycles. The first-order valence-corrected chi connectivity index (χ1v) is 10.7. The van der Waals surface area contributed by atoms with Crippen molar-refractivity contribution in [2.24, 2.45) is 0 Å². The van der Waals surface area contributed by atoms with Gasteiger partial charge < -0.3 is 4.98 Å². The SMILES string of the molecule is N#Cc1ccc(-c2nc(-c3ccccc3)c(-c3ccc(C(=O)c4ccc(F)cc4)cc3)[nH]2)cc1. The van der Waals surface area contributed by atoms with Gasteiger partial charge in [0.1, 0.15) is 11.6 Å². The number of nitriles is 1. The lowest BCUT2D eigenvalue weighted by molar-refractivity contribution is 0.103. The molecule has 162 valence electrons. The van der Waals surface area contributed by atoms with E-state index in [1.54, 1.807) is 24.3 Å². The van der Waals surface area contributed by atoms with Gasteiger partial charge in [0.15, 0.2) is 5.78 Å². The highest BCUT2D eigenvalue weighted by Crippen LogP contribution is 2.33. The van der Waals surface area contributed by atoms with E-state index in [0.29, 0.717) is 22.5 Å². The molecule has 0 aliphatic carbocycles. The Bertz CT molecular complexity index is 1500.